The van der Waals surface area contributed by atoms with Crippen LogP contribution in [0.4, 0.5) is 0 Å². The molecule has 3 atom stereocenters. The highest BCUT2D eigenvalue weighted by Crippen LogP contribution is 2.29. The van der Waals surface area contributed by atoms with Crippen molar-refractivity contribution in [1.82, 2.24) is 14.9 Å². The first kappa shape index (κ1) is 20.1. The molecule has 1 aliphatic carbocycles. The van der Waals surface area contributed by atoms with Crippen LogP contribution in [-0.4, -0.2) is 21.5 Å². The third kappa shape index (κ3) is 3.95. The van der Waals surface area contributed by atoms with E-state index < -0.39 is 5.69 Å². The Hall–Kier alpha value is -3.15. The third-order valence-electron chi connectivity index (χ3n) is 6.42. The van der Waals surface area contributed by atoms with Crippen molar-refractivity contribution in [3.63, 3.8) is 0 Å². The molecule has 4 rings (SSSR count). The van der Waals surface area contributed by atoms with E-state index in [2.05, 4.69) is 24.1 Å². The van der Waals surface area contributed by atoms with E-state index in [1.165, 1.54) is 6.42 Å². The quantitative estimate of drug-likeness (QED) is 0.699. The average molecular weight is 405 g/mol. The molecule has 2 aromatic carbocycles. The molecular weight excluding hydrogens is 378 g/mol. The molecule has 1 saturated carbocycles. The number of carbonyl (C=O) groups is 1. The number of H-pyrrole nitrogens is 1. The minimum absolute atomic E-state index is 0.00872. The first-order chi connectivity index (χ1) is 14.4. The van der Waals surface area contributed by atoms with Gasteiger partial charge in [-0.2, -0.15) is 0 Å². The van der Waals surface area contributed by atoms with E-state index in [0.29, 0.717) is 28.4 Å². The number of para-hydroxylation sites is 1. The summed E-state index contributed by atoms with van der Waals surface area (Å²) in [6, 6.07) is 14.2. The second-order valence-electron chi connectivity index (χ2n) is 8.40. The van der Waals surface area contributed by atoms with Crippen molar-refractivity contribution in [3.05, 3.63) is 74.9 Å². The maximum Gasteiger partial charge on any atom is 0.333 e. The zero-order valence-corrected chi connectivity index (χ0v) is 17.4. The number of carbonyl (C=O) groups excluding carboxylic acids is 1. The number of hydrogen-bond donors (Lipinski definition) is 2. The Labute approximate surface area is 174 Å². The molecule has 6 nitrogen and oxygen atoms in total. The highest BCUT2D eigenvalue weighted by atomic mass is 16.2. The third-order valence-corrected chi connectivity index (χ3v) is 6.42. The Balaban J connectivity index is 1.51. The molecule has 1 amide bonds. The Morgan fingerprint density at radius 3 is 2.57 bits per heavy atom. The molecule has 2 N–H and O–H groups in total. The summed E-state index contributed by atoms with van der Waals surface area (Å²) in [6.07, 6.45) is 3.69. The molecule has 1 heterocycles. The largest absolute Gasteiger partial charge is 0.353 e. The molecule has 6 heteroatoms. The highest BCUT2D eigenvalue weighted by Gasteiger charge is 2.28. The lowest BCUT2D eigenvalue weighted by molar-refractivity contribution is -0.121. The van der Waals surface area contributed by atoms with Gasteiger partial charge in [0.15, 0.2) is 0 Å². The number of rotatable bonds is 4. The lowest BCUT2D eigenvalue weighted by atomic mass is 9.78. The van der Waals surface area contributed by atoms with Gasteiger partial charge in [-0.15, -0.1) is 0 Å². The summed E-state index contributed by atoms with van der Waals surface area (Å²) >= 11 is 0. The Bertz CT molecular complexity index is 1180. The van der Waals surface area contributed by atoms with E-state index >= 15 is 0 Å². The van der Waals surface area contributed by atoms with Gasteiger partial charge in [0.2, 0.25) is 5.91 Å². The van der Waals surface area contributed by atoms with Gasteiger partial charge < -0.3 is 10.3 Å². The molecule has 0 spiro atoms. The molecule has 30 heavy (non-hydrogen) atoms. The second-order valence-corrected chi connectivity index (χ2v) is 8.40. The van der Waals surface area contributed by atoms with Crippen LogP contribution < -0.4 is 16.6 Å². The van der Waals surface area contributed by atoms with Crippen molar-refractivity contribution in [1.29, 1.82) is 0 Å². The molecule has 0 radical (unpaired) electrons. The first-order valence-corrected chi connectivity index (χ1v) is 10.6. The predicted molar refractivity (Wildman–Crippen MR) is 118 cm³/mol. The average Bonchev–Trinajstić information content (AvgIpc) is 2.73. The van der Waals surface area contributed by atoms with E-state index in [4.69, 9.17) is 0 Å². The number of hydrogen-bond acceptors (Lipinski definition) is 3. The second kappa shape index (κ2) is 8.30. The molecule has 0 saturated heterocycles. The first-order valence-electron chi connectivity index (χ1n) is 10.6. The normalized spacial score (nSPS) is 21.5. The van der Waals surface area contributed by atoms with Gasteiger partial charge in [-0.25, -0.2) is 9.36 Å². The fourth-order valence-electron chi connectivity index (χ4n) is 4.39. The van der Waals surface area contributed by atoms with Gasteiger partial charge in [0.1, 0.15) is 0 Å². The summed E-state index contributed by atoms with van der Waals surface area (Å²) in [7, 11) is 0. The van der Waals surface area contributed by atoms with Crippen molar-refractivity contribution < 1.29 is 4.79 Å². The fraction of sp³-hybridized carbons (Fsp3) is 0.375. The SMILES string of the molecule is CC1CCCC(NC(=O)Cc2ccc(-n3c(=O)[nH]c4ccccc4c3=O)cc2)C1C. The van der Waals surface area contributed by atoms with Crippen molar-refractivity contribution in [2.24, 2.45) is 11.8 Å². The molecule has 1 fully saturated rings. The highest BCUT2D eigenvalue weighted by molar-refractivity contribution is 5.79. The monoisotopic (exact) mass is 405 g/mol. The number of aromatic nitrogens is 2. The zero-order chi connectivity index (χ0) is 21.3. The van der Waals surface area contributed by atoms with Crippen LogP contribution in [0.15, 0.2) is 58.1 Å². The number of benzene rings is 2. The molecule has 156 valence electrons. The Morgan fingerprint density at radius 2 is 1.80 bits per heavy atom. The minimum Gasteiger partial charge on any atom is -0.353 e. The van der Waals surface area contributed by atoms with E-state index in [1.807, 2.05) is 0 Å². The van der Waals surface area contributed by atoms with E-state index in [1.54, 1.807) is 48.5 Å². The van der Waals surface area contributed by atoms with Gasteiger partial charge in [-0.3, -0.25) is 9.59 Å². The number of aromatic amines is 1. The number of nitrogens with zero attached hydrogens (tertiary/aromatic N) is 1. The topological polar surface area (TPSA) is 84.0 Å². The lowest BCUT2D eigenvalue weighted by Gasteiger charge is -2.34. The van der Waals surface area contributed by atoms with Crippen LogP contribution in [0.25, 0.3) is 16.6 Å². The van der Waals surface area contributed by atoms with Crippen LogP contribution in [0.1, 0.15) is 38.7 Å². The van der Waals surface area contributed by atoms with Gasteiger partial charge in [0.25, 0.3) is 5.56 Å². The maximum absolute atomic E-state index is 12.8. The lowest BCUT2D eigenvalue weighted by Crippen LogP contribution is -2.44. The van der Waals surface area contributed by atoms with Gasteiger partial charge in [-0.05, 0) is 48.1 Å². The van der Waals surface area contributed by atoms with Crippen LogP contribution in [0.3, 0.4) is 0 Å². The van der Waals surface area contributed by atoms with Gasteiger partial charge in [0, 0.05) is 6.04 Å². The summed E-state index contributed by atoms with van der Waals surface area (Å²) < 4.78 is 1.12. The summed E-state index contributed by atoms with van der Waals surface area (Å²) in [5, 5.41) is 3.64. The van der Waals surface area contributed by atoms with Crippen molar-refractivity contribution in [3.8, 4) is 5.69 Å². The van der Waals surface area contributed by atoms with Crippen molar-refractivity contribution in [2.75, 3.05) is 0 Å². The Morgan fingerprint density at radius 1 is 1.07 bits per heavy atom. The standard InChI is InChI=1S/C24H27N3O3/c1-15-6-5-9-20(16(15)2)25-22(28)14-17-10-12-18(13-11-17)27-23(29)19-7-3-4-8-21(19)26-24(27)30/h3-4,7-8,10-13,15-16,20H,5-6,9,14H2,1-2H3,(H,25,28)(H,26,30). The smallest absolute Gasteiger partial charge is 0.333 e. The van der Waals surface area contributed by atoms with Crippen LogP contribution in [0.2, 0.25) is 0 Å². The number of amides is 1. The van der Waals surface area contributed by atoms with E-state index in [9.17, 15) is 14.4 Å². The molecule has 3 unspecified atom stereocenters. The van der Waals surface area contributed by atoms with Crippen LogP contribution >= 0.6 is 0 Å². The molecule has 1 aliphatic rings. The van der Waals surface area contributed by atoms with Gasteiger partial charge in [0.05, 0.1) is 23.0 Å². The van der Waals surface area contributed by atoms with Crippen LogP contribution in [-0.2, 0) is 11.2 Å². The Kier molecular flexibility index (Phi) is 5.57. The minimum atomic E-state index is -0.482. The van der Waals surface area contributed by atoms with Crippen LogP contribution in [0, 0.1) is 11.8 Å². The molecule has 0 bridgehead atoms. The predicted octanol–water partition coefficient (Wildman–Crippen LogP) is 3.16. The summed E-state index contributed by atoms with van der Waals surface area (Å²) in [6.45, 7) is 4.46. The number of fused-ring (bicyclic) bond motifs is 1. The molecule has 1 aromatic heterocycles. The summed E-state index contributed by atoms with van der Waals surface area (Å²) in [4.78, 5) is 40.5. The van der Waals surface area contributed by atoms with E-state index in [-0.39, 0.29) is 23.9 Å². The van der Waals surface area contributed by atoms with Crippen LogP contribution in [0.5, 0.6) is 0 Å². The van der Waals surface area contributed by atoms with E-state index in [0.717, 1.165) is 23.0 Å². The van der Waals surface area contributed by atoms with Gasteiger partial charge >= 0.3 is 5.69 Å². The fourth-order valence-corrected chi connectivity index (χ4v) is 4.39. The molecule has 3 aromatic rings. The van der Waals surface area contributed by atoms with Crippen molar-refractivity contribution >= 4 is 16.8 Å². The van der Waals surface area contributed by atoms with Gasteiger partial charge in [-0.1, -0.05) is 51.0 Å². The molecular formula is C24H27N3O3. The maximum atomic E-state index is 12.8. The summed E-state index contributed by atoms with van der Waals surface area (Å²) in [5.41, 5.74) is 0.997. The zero-order valence-electron chi connectivity index (χ0n) is 17.4. The summed E-state index contributed by atoms with van der Waals surface area (Å²) in [5.74, 6) is 1.12. The van der Waals surface area contributed by atoms with Crippen molar-refractivity contribution in [2.45, 2.75) is 45.6 Å². The number of nitrogens with one attached hydrogen (secondary N) is 2. The molecule has 0 aliphatic heterocycles.